The van der Waals surface area contributed by atoms with Gasteiger partial charge in [0.15, 0.2) is 0 Å². The Balaban J connectivity index is 2.67. The molecule has 2 rings (SSSR count). The Hall–Kier alpha value is -2.23. The Kier molecular flexibility index (Phi) is 2.64. The standard InChI is InChI=1S/C12H11NO3/c1-16-10-7-6-8-4-2-3-5-9(8)11(10)13-12(14)15/h2-7,13H,1H3,(H,14,15). The third kappa shape index (κ3) is 1.77. The van der Waals surface area contributed by atoms with Crippen LogP contribution in [0.4, 0.5) is 10.5 Å². The van der Waals surface area contributed by atoms with E-state index < -0.39 is 6.09 Å². The molecule has 0 aliphatic heterocycles. The molecule has 2 N–H and O–H groups in total. The first kappa shape index (κ1) is 10.3. The lowest BCUT2D eigenvalue weighted by molar-refractivity contribution is 0.209. The zero-order valence-corrected chi connectivity index (χ0v) is 8.73. The first-order chi connectivity index (χ1) is 7.72. The van der Waals surface area contributed by atoms with Crippen molar-refractivity contribution in [2.45, 2.75) is 0 Å². The Bertz CT molecular complexity index is 537. The highest BCUT2D eigenvalue weighted by Gasteiger charge is 2.09. The molecule has 0 spiro atoms. The average Bonchev–Trinajstić information content (AvgIpc) is 2.29. The normalized spacial score (nSPS) is 10.1. The van der Waals surface area contributed by atoms with Crippen molar-refractivity contribution >= 4 is 22.6 Å². The number of hydrogen-bond donors (Lipinski definition) is 2. The van der Waals surface area contributed by atoms with Crippen molar-refractivity contribution < 1.29 is 14.6 Å². The number of fused-ring (bicyclic) bond motifs is 1. The lowest BCUT2D eigenvalue weighted by Gasteiger charge is -2.11. The molecule has 0 aromatic heterocycles. The molecule has 1 amide bonds. The highest BCUT2D eigenvalue weighted by Crippen LogP contribution is 2.32. The summed E-state index contributed by atoms with van der Waals surface area (Å²) in [6.07, 6.45) is -1.10. The number of methoxy groups -OCH3 is 1. The molecule has 0 bridgehead atoms. The van der Waals surface area contributed by atoms with Gasteiger partial charge in [-0.3, -0.25) is 5.32 Å². The molecular weight excluding hydrogens is 206 g/mol. The summed E-state index contributed by atoms with van der Waals surface area (Å²) < 4.78 is 5.13. The molecule has 4 nitrogen and oxygen atoms in total. The maximum absolute atomic E-state index is 10.7. The molecular formula is C12H11NO3. The molecule has 2 aromatic carbocycles. The number of rotatable bonds is 2. The van der Waals surface area contributed by atoms with E-state index in [-0.39, 0.29) is 0 Å². The smallest absolute Gasteiger partial charge is 0.409 e. The maximum Gasteiger partial charge on any atom is 0.409 e. The van der Waals surface area contributed by atoms with Gasteiger partial charge in [-0.2, -0.15) is 0 Å². The molecule has 82 valence electrons. The molecule has 2 aromatic rings. The van der Waals surface area contributed by atoms with Crippen molar-refractivity contribution in [3.63, 3.8) is 0 Å². The van der Waals surface area contributed by atoms with Crippen LogP contribution in [0.15, 0.2) is 36.4 Å². The van der Waals surface area contributed by atoms with E-state index in [2.05, 4.69) is 5.32 Å². The van der Waals surface area contributed by atoms with Gasteiger partial charge in [-0.05, 0) is 11.5 Å². The average molecular weight is 217 g/mol. The summed E-state index contributed by atoms with van der Waals surface area (Å²) in [6.45, 7) is 0. The van der Waals surface area contributed by atoms with E-state index in [1.54, 1.807) is 6.07 Å². The fraction of sp³-hybridized carbons (Fsp3) is 0.0833. The Morgan fingerprint density at radius 2 is 2.00 bits per heavy atom. The second-order valence-corrected chi connectivity index (χ2v) is 3.29. The van der Waals surface area contributed by atoms with E-state index >= 15 is 0 Å². The van der Waals surface area contributed by atoms with Gasteiger partial charge in [0.25, 0.3) is 0 Å². The van der Waals surface area contributed by atoms with Crippen molar-refractivity contribution in [1.29, 1.82) is 0 Å². The first-order valence-corrected chi connectivity index (χ1v) is 4.78. The minimum Gasteiger partial charge on any atom is -0.495 e. The van der Waals surface area contributed by atoms with Crippen molar-refractivity contribution in [1.82, 2.24) is 0 Å². The molecule has 0 saturated carbocycles. The number of carbonyl (C=O) groups is 1. The van der Waals surface area contributed by atoms with Crippen LogP contribution in [0.25, 0.3) is 10.8 Å². The second kappa shape index (κ2) is 4.10. The molecule has 0 aliphatic carbocycles. The van der Waals surface area contributed by atoms with E-state index in [9.17, 15) is 4.79 Å². The monoisotopic (exact) mass is 217 g/mol. The van der Waals surface area contributed by atoms with Gasteiger partial charge < -0.3 is 9.84 Å². The van der Waals surface area contributed by atoms with E-state index in [0.717, 1.165) is 10.8 Å². The van der Waals surface area contributed by atoms with Crippen molar-refractivity contribution in [2.24, 2.45) is 0 Å². The number of amides is 1. The summed E-state index contributed by atoms with van der Waals surface area (Å²) >= 11 is 0. The van der Waals surface area contributed by atoms with Crippen molar-refractivity contribution in [2.75, 3.05) is 12.4 Å². The summed E-state index contributed by atoms with van der Waals surface area (Å²) in [5, 5.41) is 12.9. The van der Waals surface area contributed by atoms with Gasteiger partial charge in [0.05, 0.1) is 12.8 Å². The molecule has 16 heavy (non-hydrogen) atoms. The van der Waals surface area contributed by atoms with Crippen LogP contribution in [-0.4, -0.2) is 18.3 Å². The van der Waals surface area contributed by atoms with Crippen LogP contribution in [-0.2, 0) is 0 Å². The number of ether oxygens (including phenoxy) is 1. The predicted octanol–water partition coefficient (Wildman–Crippen LogP) is 2.94. The Morgan fingerprint density at radius 3 is 2.69 bits per heavy atom. The van der Waals surface area contributed by atoms with Crippen LogP contribution < -0.4 is 10.1 Å². The number of anilines is 1. The van der Waals surface area contributed by atoms with E-state index in [4.69, 9.17) is 9.84 Å². The minimum absolute atomic E-state index is 0.480. The molecule has 0 unspecified atom stereocenters. The van der Waals surface area contributed by atoms with Gasteiger partial charge in [0.2, 0.25) is 0 Å². The maximum atomic E-state index is 10.7. The SMILES string of the molecule is COc1ccc2ccccc2c1NC(=O)O. The first-order valence-electron chi connectivity index (χ1n) is 4.78. The number of benzene rings is 2. The summed E-state index contributed by atoms with van der Waals surface area (Å²) in [7, 11) is 1.51. The molecule has 0 radical (unpaired) electrons. The van der Waals surface area contributed by atoms with Gasteiger partial charge in [-0.1, -0.05) is 30.3 Å². The van der Waals surface area contributed by atoms with Gasteiger partial charge in [-0.25, -0.2) is 4.79 Å². The fourth-order valence-corrected chi connectivity index (χ4v) is 1.66. The topological polar surface area (TPSA) is 58.6 Å². The largest absolute Gasteiger partial charge is 0.495 e. The summed E-state index contributed by atoms with van der Waals surface area (Å²) in [6, 6.07) is 11.2. The van der Waals surface area contributed by atoms with Crippen molar-refractivity contribution in [3.8, 4) is 5.75 Å². The zero-order chi connectivity index (χ0) is 11.5. The second-order valence-electron chi connectivity index (χ2n) is 3.29. The minimum atomic E-state index is -1.10. The van der Waals surface area contributed by atoms with Crippen LogP contribution in [0.5, 0.6) is 5.75 Å². The molecule has 0 atom stereocenters. The summed E-state index contributed by atoms with van der Waals surface area (Å²) in [5.74, 6) is 0.515. The van der Waals surface area contributed by atoms with Gasteiger partial charge in [0.1, 0.15) is 5.75 Å². The van der Waals surface area contributed by atoms with E-state index in [0.29, 0.717) is 11.4 Å². The molecule has 0 fully saturated rings. The lowest BCUT2D eigenvalue weighted by atomic mass is 10.1. The summed E-state index contributed by atoms with van der Waals surface area (Å²) in [5.41, 5.74) is 0.480. The predicted molar refractivity (Wildman–Crippen MR) is 62.1 cm³/mol. The number of hydrogen-bond acceptors (Lipinski definition) is 2. The van der Waals surface area contributed by atoms with Crippen molar-refractivity contribution in [3.05, 3.63) is 36.4 Å². The third-order valence-electron chi connectivity index (χ3n) is 2.34. The van der Waals surface area contributed by atoms with Crippen LogP contribution in [0.1, 0.15) is 0 Å². The highest BCUT2D eigenvalue weighted by atomic mass is 16.5. The van der Waals surface area contributed by atoms with Gasteiger partial charge in [0, 0.05) is 5.39 Å². The molecule has 0 heterocycles. The summed E-state index contributed by atoms with van der Waals surface area (Å²) in [4.78, 5) is 10.7. The lowest BCUT2D eigenvalue weighted by Crippen LogP contribution is -2.08. The number of carboxylic acid groups (broad SMARTS) is 1. The molecule has 4 heteroatoms. The Morgan fingerprint density at radius 1 is 1.25 bits per heavy atom. The Labute approximate surface area is 92.5 Å². The van der Waals surface area contributed by atoms with Crippen LogP contribution in [0, 0.1) is 0 Å². The molecule has 0 saturated heterocycles. The van der Waals surface area contributed by atoms with E-state index in [1.807, 2.05) is 30.3 Å². The van der Waals surface area contributed by atoms with Gasteiger partial charge in [-0.15, -0.1) is 0 Å². The van der Waals surface area contributed by atoms with E-state index in [1.165, 1.54) is 7.11 Å². The number of nitrogens with one attached hydrogen (secondary N) is 1. The fourth-order valence-electron chi connectivity index (χ4n) is 1.66. The van der Waals surface area contributed by atoms with Crippen LogP contribution in [0.2, 0.25) is 0 Å². The van der Waals surface area contributed by atoms with Crippen LogP contribution in [0.3, 0.4) is 0 Å². The zero-order valence-electron chi connectivity index (χ0n) is 8.73. The molecule has 0 aliphatic rings. The third-order valence-corrected chi connectivity index (χ3v) is 2.34. The van der Waals surface area contributed by atoms with Gasteiger partial charge >= 0.3 is 6.09 Å². The highest BCUT2D eigenvalue weighted by molar-refractivity contribution is 6.02. The van der Waals surface area contributed by atoms with Crippen LogP contribution >= 0.6 is 0 Å². The quantitative estimate of drug-likeness (QED) is 0.813.